The molecule has 0 fully saturated rings. The van der Waals surface area contributed by atoms with Gasteiger partial charge in [0.25, 0.3) is 5.78 Å². The zero-order valence-corrected chi connectivity index (χ0v) is 7.84. The monoisotopic (exact) mass is 232 g/mol. The maximum atomic E-state index is 12.3. The summed E-state index contributed by atoms with van der Waals surface area (Å²) in [7, 11) is 0. The molecular weight excluding hydrogens is 225 g/mol. The zero-order valence-electron chi connectivity index (χ0n) is 7.84. The van der Waals surface area contributed by atoms with Crippen molar-refractivity contribution in [3.05, 3.63) is 35.4 Å². The van der Waals surface area contributed by atoms with E-state index in [9.17, 15) is 22.8 Å². The summed E-state index contributed by atoms with van der Waals surface area (Å²) in [6.45, 7) is 0. The van der Waals surface area contributed by atoms with Crippen molar-refractivity contribution >= 4 is 11.7 Å². The van der Waals surface area contributed by atoms with E-state index in [-0.39, 0.29) is 5.56 Å². The Morgan fingerprint density at radius 2 is 1.88 bits per heavy atom. The second kappa shape index (κ2) is 4.31. The molecule has 16 heavy (non-hydrogen) atoms. The van der Waals surface area contributed by atoms with Crippen LogP contribution in [0.2, 0.25) is 0 Å². The molecule has 1 amide bonds. The van der Waals surface area contributed by atoms with Crippen LogP contribution in [0.15, 0.2) is 24.3 Å². The van der Waals surface area contributed by atoms with Crippen LogP contribution >= 0.6 is 0 Å². The Morgan fingerprint density at radius 3 is 2.38 bits per heavy atom. The smallest absolute Gasteiger partial charge is 0.287 e. The number of nitrogens with two attached hydrogens (primary N) is 1. The number of halogens is 3. The average Bonchev–Trinajstić information content (AvgIpc) is 2.26. The SMILES string of the molecule is NNC(=O)C(=O)c1cccc(C(F)(F)F)c1. The number of rotatable bonds is 2. The van der Waals surface area contributed by atoms with Gasteiger partial charge < -0.3 is 0 Å². The summed E-state index contributed by atoms with van der Waals surface area (Å²) in [6, 6.07) is 3.54. The number of hydrazine groups is 1. The van der Waals surface area contributed by atoms with Crippen molar-refractivity contribution in [2.75, 3.05) is 0 Å². The van der Waals surface area contributed by atoms with Crippen molar-refractivity contribution in [3.8, 4) is 0 Å². The summed E-state index contributed by atoms with van der Waals surface area (Å²) in [5, 5.41) is 0. The summed E-state index contributed by atoms with van der Waals surface area (Å²) in [5.74, 6) is 2.41. The standard InChI is InChI=1S/C9H7F3N2O2/c10-9(11,12)6-3-1-2-5(4-6)7(15)8(16)14-13/h1-4H,13H2,(H,14,16). The first kappa shape index (κ1) is 12.2. The lowest BCUT2D eigenvalue weighted by Gasteiger charge is -2.07. The van der Waals surface area contributed by atoms with Crippen molar-refractivity contribution in [1.29, 1.82) is 0 Å². The van der Waals surface area contributed by atoms with Crippen LogP contribution in [-0.2, 0) is 11.0 Å². The van der Waals surface area contributed by atoms with Crippen LogP contribution in [0, 0.1) is 0 Å². The molecule has 1 rings (SSSR count). The lowest BCUT2D eigenvalue weighted by Crippen LogP contribution is -2.36. The molecule has 0 heterocycles. The van der Waals surface area contributed by atoms with Crippen molar-refractivity contribution in [2.45, 2.75) is 6.18 Å². The topological polar surface area (TPSA) is 72.2 Å². The minimum atomic E-state index is -4.56. The van der Waals surface area contributed by atoms with Gasteiger partial charge in [0.05, 0.1) is 5.56 Å². The summed E-state index contributed by atoms with van der Waals surface area (Å²) < 4.78 is 36.8. The maximum absolute atomic E-state index is 12.3. The number of Topliss-reactive ketones (excluding diaryl/α,β-unsaturated/α-hetero) is 1. The fraction of sp³-hybridized carbons (Fsp3) is 0.111. The molecule has 7 heteroatoms. The highest BCUT2D eigenvalue weighted by Crippen LogP contribution is 2.29. The molecule has 0 spiro atoms. The normalized spacial score (nSPS) is 11.0. The van der Waals surface area contributed by atoms with Crippen LogP contribution in [0.3, 0.4) is 0 Å². The number of carbonyl (C=O) groups is 2. The number of benzene rings is 1. The number of alkyl halides is 3. The third kappa shape index (κ3) is 2.57. The van der Waals surface area contributed by atoms with Gasteiger partial charge in [-0.05, 0) is 12.1 Å². The van der Waals surface area contributed by atoms with Gasteiger partial charge in [-0.25, -0.2) is 5.84 Å². The van der Waals surface area contributed by atoms with Gasteiger partial charge in [0.15, 0.2) is 0 Å². The van der Waals surface area contributed by atoms with E-state index in [0.717, 1.165) is 18.2 Å². The molecule has 4 nitrogen and oxygen atoms in total. The average molecular weight is 232 g/mol. The molecule has 0 aliphatic heterocycles. The molecule has 0 atom stereocenters. The quantitative estimate of drug-likeness (QED) is 0.261. The Labute approximate surface area is 88.2 Å². The minimum absolute atomic E-state index is 0.363. The zero-order chi connectivity index (χ0) is 12.3. The van der Waals surface area contributed by atoms with E-state index >= 15 is 0 Å². The van der Waals surface area contributed by atoms with Gasteiger partial charge in [-0.15, -0.1) is 0 Å². The third-order valence-electron chi connectivity index (χ3n) is 1.79. The van der Waals surface area contributed by atoms with Crippen LogP contribution in [0.4, 0.5) is 13.2 Å². The fourth-order valence-electron chi connectivity index (χ4n) is 1.03. The number of nitrogens with one attached hydrogen (secondary N) is 1. The minimum Gasteiger partial charge on any atom is -0.287 e. The molecular formula is C9H7F3N2O2. The Balaban J connectivity index is 3.09. The van der Waals surface area contributed by atoms with Crippen molar-refractivity contribution in [1.82, 2.24) is 5.43 Å². The first-order valence-electron chi connectivity index (χ1n) is 4.09. The molecule has 0 saturated carbocycles. The lowest BCUT2D eigenvalue weighted by molar-refractivity contribution is -0.137. The van der Waals surface area contributed by atoms with Gasteiger partial charge in [0.2, 0.25) is 0 Å². The van der Waals surface area contributed by atoms with E-state index in [1.54, 1.807) is 5.43 Å². The van der Waals surface area contributed by atoms with Crippen molar-refractivity contribution < 1.29 is 22.8 Å². The summed E-state index contributed by atoms with van der Waals surface area (Å²) in [5.41, 5.74) is 0.191. The van der Waals surface area contributed by atoms with E-state index in [2.05, 4.69) is 0 Å². The van der Waals surface area contributed by atoms with E-state index in [0.29, 0.717) is 6.07 Å². The molecule has 0 aliphatic rings. The molecule has 1 aromatic carbocycles. The molecule has 1 aromatic rings. The predicted molar refractivity (Wildman–Crippen MR) is 48.1 cm³/mol. The summed E-state index contributed by atoms with van der Waals surface area (Å²) >= 11 is 0. The Kier molecular flexibility index (Phi) is 3.28. The highest BCUT2D eigenvalue weighted by atomic mass is 19.4. The molecule has 0 aliphatic carbocycles. The van der Waals surface area contributed by atoms with Crippen LogP contribution in [0.5, 0.6) is 0 Å². The highest BCUT2D eigenvalue weighted by Gasteiger charge is 2.31. The van der Waals surface area contributed by atoms with E-state index in [1.807, 2.05) is 0 Å². The van der Waals surface area contributed by atoms with Crippen molar-refractivity contribution in [3.63, 3.8) is 0 Å². The van der Waals surface area contributed by atoms with Crippen LogP contribution < -0.4 is 11.3 Å². The molecule has 0 bridgehead atoms. The van der Waals surface area contributed by atoms with E-state index < -0.39 is 23.4 Å². The summed E-state index contributed by atoms with van der Waals surface area (Å²) in [4.78, 5) is 22.0. The second-order valence-corrected chi connectivity index (χ2v) is 2.88. The molecule has 0 unspecified atom stereocenters. The number of carbonyl (C=O) groups excluding carboxylic acids is 2. The molecule has 0 saturated heterocycles. The maximum Gasteiger partial charge on any atom is 0.416 e. The first-order chi connectivity index (χ1) is 7.36. The second-order valence-electron chi connectivity index (χ2n) is 2.88. The highest BCUT2D eigenvalue weighted by molar-refractivity contribution is 6.42. The van der Waals surface area contributed by atoms with Gasteiger partial charge in [-0.2, -0.15) is 13.2 Å². The largest absolute Gasteiger partial charge is 0.416 e. The third-order valence-corrected chi connectivity index (χ3v) is 1.79. The van der Waals surface area contributed by atoms with Gasteiger partial charge in [-0.1, -0.05) is 12.1 Å². The van der Waals surface area contributed by atoms with Crippen LogP contribution in [0.1, 0.15) is 15.9 Å². The fourth-order valence-corrected chi connectivity index (χ4v) is 1.03. The Morgan fingerprint density at radius 1 is 1.25 bits per heavy atom. The molecule has 3 N–H and O–H groups in total. The Bertz CT molecular complexity index is 429. The van der Waals surface area contributed by atoms with Crippen molar-refractivity contribution in [2.24, 2.45) is 5.84 Å². The van der Waals surface area contributed by atoms with Gasteiger partial charge in [0, 0.05) is 5.56 Å². The Hall–Kier alpha value is -1.89. The number of hydrogen-bond acceptors (Lipinski definition) is 3. The van der Waals surface area contributed by atoms with E-state index in [4.69, 9.17) is 5.84 Å². The molecule has 0 radical (unpaired) electrons. The first-order valence-corrected chi connectivity index (χ1v) is 4.09. The van der Waals surface area contributed by atoms with Gasteiger partial charge in [0.1, 0.15) is 0 Å². The molecule has 86 valence electrons. The van der Waals surface area contributed by atoms with Crippen LogP contribution in [0.25, 0.3) is 0 Å². The van der Waals surface area contributed by atoms with E-state index in [1.165, 1.54) is 0 Å². The number of ketones is 1. The predicted octanol–water partition coefficient (Wildman–Crippen LogP) is 0.878. The number of hydrogen-bond donors (Lipinski definition) is 2. The van der Waals surface area contributed by atoms with Gasteiger partial charge >= 0.3 is 12.1 Å². The number of amides is 1. The lowest BCUT2D eigenvalue weighted by atomic mass is 10.1. The summed E-state index contributed by atoms with van der Waals surface area (Å²) in [6.07, 6.45) is -4.56. The van der Waals surface area contributed by atoms with Gasteiger partial charge in [-0.3, -0.25) is 15.0 Å². The molecule has 0 aromatic heterocycles. The van der Waals surface area contributed by atoms with Crippen LogP contribution in [-0.4, -0.2) is 11.7 Å².